The molecule has 0 bridgehead atoms. The van der Waals surface area contributed by atoms with Crippen LogP contribution in [0.1, 0.15) is 28.6 Å². The Morgan fingerprint density at radius 3 is 2.88 bits per heavy atom. The topological polar surface area (TPSA) is 51.2 Å². The Kier molecular flexibility index (Phi) is 4.41. The van der Waals surface area contributed by atoms with Crippen molar-refractivity contribution in [2.24, 2.45) is 0 Å². The minimum atomic E-state index is -0.441. The van der Waals surface area contributed by atoms with Crippen molar-refractivity contribution < 1.29 is 9.53 Å². The summed E-state index contributed by atoms with van der Waals surface area (Å²) in [6, 6.07) is 12.3. The number of para-hydroxylation sites is 1. The van der Waals surface area contributed by atoms with Gasteiger partial charge in [0.15, 0.2) is 6.10 Å². The van der Waals surface area contributed by atoms with Gasteiger partial charge in [0.1, 0.15) is 5.75 Å². The number of benzene rings is 2. The second-order valence-electron chi connectivity index (χ2n) is 7.04. The predicted octanol–water partition coefficient (Wildman–Crippen LogP) is 3.96. The Hall–Kier alpha value is -2.40. The van der Waals surface area contributed by atoms with E-state index in [1.165, 1.54) is 15.8 Å². The quantitative estimate of drug-likeness (QED) is 0.760. The van der Waals surface area contributed by atoms with Crippen LogP contribution in [0, 0.1) is 13.8 Å². The third-order valence-corrected chi connectivity index (χ3v) is 5.91. The maximum atomic E-state index is 12.6. The van der Waals surface area contributed by atoms with Crippen molar-refractivity contribution in [1.82, 2.24) is 10.3 Å². The molecule has 0 aliphatic carbocycles. The first-order valence-electron chi connectivity index (χ1n) is 8.91. The molecule has 0 radical (unpaired) electrons. The van der Waals surface area contributed by atoms with Gasteiger partial charge in [0.25, 0.3) is 5.91 Å². The Labute approximate surface area is 157 Å². The van der Waals surface area contributed by atoms with Crippen molar-refractivity contribution in [2.75, 3.05) is 0 Å². The fourth-order valence-corrected chi connectivity index (χ4v) is 4.41. The molecule has 0 fully saturated rings. The van der Waals surface area contributed by atoms with E-state index in [1.54, 1.807) is 11.3 Å². The molecule has 0 unspecified atom stereocenters. The first kappa shape index (κ1) is 17.0. The number of aryl methyl sites for hydroxylation is 2. The van der Waals surface area contributed by atoms with Crippen LogP contribution in [0.25, 0.3) is 10.2 Å². The van der Waals surface area contributed by atoms with Gasteiger partial charge in [0, 0.05) is 18.9 Å². The molecule has 4 rings (SSSR count). The predicted molar refractivity (Wildman–Crippen MR) is 105 cm³/mol. The first-order valence-corrected chi connectivity index (χ1v) is 9.73. The molecule has 26 heavy (non-hydrogen) atoms. The van der Waals surface area contributed by atoms with E-state index in [0.717, 1.165) is 28.3 Å². The summed E-state index contributed by atoms with van der Waals surface area (Å²) in [7, 11) is 0. The number of rotatable bonds is 4. The van der Waals surface area contributed by atoms with E-state index in [2.05, 4.69) is 36.3 Å². The van der Waals surface area contributed by atoms with Gasteiger partial charge in [-0.2, -0.15) is 0 Å². The van der Waals surface area contributed by atoms with Crippen LogP contribution in [0.2, 0.25) is 0 Å². The van der Waals surface area contributed by atoms with E-state index in [9.17, 15) is 4.79 Å². The fraction of sp³-hybridized carbons (Fsp3) is 0.333. The van der Waals surface area contributed by atoms with Crippen molar-refractivity contribution in [1.29, 1.82) is 0 Å². The molecule has 134 valence electrons. The van der Waals surface area contributed by atoms with Gasteiger partial charge in [-0.1, -0.05) is 18.2 Å². The van der Waals surface area contributed by atoms with Crippen LogP contribution in [-0.2, 0) is 17.6 Å². The number of hydrogen-bond donors (Lipinski definition) is 1. The van der Waals surface area contributed by atoms with Gasteiger partial charge >= 0.3 is 0 Å². The number of carbonyl (C=O) groups excluding carboxylic acids is 1. The van der Waals surface area contributed by atoms with Gasteiger partial charge in [-0.3, -0.25) is 4.79 Å². The molecule has 0 saturated heterocycles. The zero-order valence-corrected chi connectivity index (χ0v) is 16.0. The van der Waals surface area contributed by atoms with E-state index in [4.69, 9.17) is 4.74 Å². The monoisotopic (exact) mass is 366 g/mol. The van der Waals surface area contributed by atoms with Crippen LogP contribution in [0.15, 0.2) is 36.4 Å². The van der Waals surface area contributed by atoms with E-state index >= 15 is 0 Å². The highest BCUT2D eigenvalue weighted by atomic mass is 32.1. The molecule has 1 N–H and O–H groups in total. The van der Waals surface area contributed by atoms with Gasteiger partial charge < -0.3 is 10.1 Å². The Bertz CT molecular complexity index is 915. The lowest BCUT2D eigenvalue weighted by molar-refractivity contribution is -0.127. The molecule has 5 heteroatoms. The lowest BCUT2D eigenvalue weighted by Gasteiger charge is -2.16. The molecule has 2 aromatic carbocycles. The van der Waals surface area contributed by atoms with Crippen LogP contribution in [0.3, 0.4) is 0 Å². The number of fused-ring (bicyclic) bond motifs is 2. The number of aromatic nitrogens is 1. The van der Waals surface area contributed by atoms with Crippen LogP contribution in [0.4, 0.5) is 0 Å². The number of carbonyl (C=O) groups is 1. The summed E-state index contributed by atoms with van der Waals surface area (Å²) < 4.78 is 7.06. The normalized spacial score (nSPS) is 17.0. The molecule has 2 heterocycles. The Morgan fingerprint density at radius 2 is 2.08 bits per heavy atom. The van der Waals surface area contributed by atoms with E-state index in [-0.39, 0.29) is 11.9 Å². The molecule has 0 spiro atoms. The van der Waals surface area contributed by atoms with Gasteiger partial charge in [0.05, 0.1) is 15.2 Å². The van der Waals surface area contributed by atoms with E-state index in [0.29, 0.717) is 6.42 Å². The zero-order chi connectivity index (χ0) is 18.3. The second-order valence-corrected chi connectivity index (χ2v) is 8.16. The average Bonchev–Trinajstić information content (AvgIpc) is 3.18. The largest absolute Gasteiger partial charge is 0.480 e. The number of nitrogens with zero attached hydrogens (tertiary/aromatic N) is 1. The fourth-order valence-electron chi connectivity index (χ4n) is 3.32. The van der Waals surface area contributed by atoms with Crippen LogP contribution in [-0.4, -0.2) is 23.0 Å². The van der Waals surface area contributed by atoms with Crippen LogP contribution < -0.4 is 10.1 Å². The summed E-state index contributed by atoms with van der Waals surface area (Å²) in [6.07, 6.45) is 0.920. The summed E-state index contributed by atoms with van der Waals surface area (Å²) in [6.45, 7) is 6.16. The Morgan fingerprint density at radius 1 is 1.31 bits per heavy atom. The minimum absolute atomic E-state index is 0.0128. The molecule has 1 aromatic heterocycles. The molecule has 0 saturated carbocycles. The molecule has 1 aliphatic rings. The first-order chi connectivity index (χ1) is 12.5. The highest BCUT2D eigenvalue weighted by Crippen LogP contribution is 2.31. The van der Waals surface area contributed by atoms with E-state index < -0.39 is 6.10 Å². The highest BCUT2D eigenvalue weighted by molar-refractivity contribution is 7.18. The second kappa shape index (κ2) is 6.72. The van der Waals surface area contributed by atoms with Crippen molar-refractivity contribution in [3.05, 3.63) is 58.1 Å². The van der Waals surface area contributed by atoms with Gasteiger partial charge in [-0.15, -0.1) is 11.3 Å². The molecule has 3 aromatic rings. The molecule has 2 atom stereocenters. The summed E-state index contributed by atoms with van der Waals surface area (Å²) >= 11 is 1.68. The van der Waals surface area contributed by atoms with Gasteiger partial charge in [-0.05, 0) is 55.7 Å². The standard InChI is InChI=1S/C21H22N2O2S/c1-12-8-15-11-18(25-17(15)9-13(12)2)21(24)22-14(3)10-20-23-16-6-4-5-7-19(16)26-20/h4-9,14,18H,10-11H2,1-3H3,(H,22,24)/t14-,18-/m0/s1. The number of nitrogens with one attached hydrogen (secondary N) is 1. The third-order valence-electron chi connectivity index (χ3n) is 4.85. The summed E-state index contributed by atoms with van der Waals surface area (Å²) in [4.78, 5) is 17.2. The molecule has 1 amide bonds. The van der Waals surface area contributed by atoms with Crippen LogP contribution in [0.5, 0.6) is 5.75 Å². The van der Waals surface area contributed by atoms with Crippen molar-refractivity contribution in [3.63, 3.8) is 0 Å². The third kappa shape index (κ3) is 3.31. The minimum Gasteiger partial charge on any atom is -0.480 e. The maximum absolute atomic E-state index is 12.6. The summed E-state index contributed by atoms with van der Waals surface area (Å²) in [5, 5.41) is 4.12. The summed E-state index contributed by atoms with van der Waals surface area (Å²) in [5.74, 6) is 0.789. The van der Waals surface area contributed by atoms with Gasteiger partial charge in [-0.25, -0.2) is 4.98 Å². The Balaban J connectivity index is 1.38. The lowest BCUT2D eigenvalue weighted by Crippen LogP contribution is -2.42. The highest BCUT2D eigenvalue weighted by Gasteiger charge is 2.30. The summed E-state index contributed by atoms with van der Waals surface area (Å²) in [5.41, 5.74) is 4.56. The molecular formula is C21H22N2O2S. The molecule has 4 nitrogen and oxygen atoms in total. The smallest absolute Gasteiger partial charge is 0.261 e. The van der Waals surface area contributed by atoms with Crippen molar-refractivity contribution >= 4 is 27.5 Å². The SMILES string of the molecule is Cc1cc2c(cc1C)O[C@H](C(=O)N[C@@H](C)Cc1nc3ccccc3s1)C2. The number of amides is 1. The van der Waals surface area contributed by atoms with Crippen molar-refractivity contribution in [3.8, 4) is 5.75 Å². The number of hydrogen-bond acceptors (Lipinski definition) is 4. The number of thiazole rings is 1. The van der Waals surface area contributed by atoms with E-state index in [1.807, 2.05) is 31.2 Å². The van der Waals surface area contributed by atoms with Crippen LogP contribution >= 0.6 is 11.3 Å². The molecule has 1 aliphatic heterocycles. The maximum Gasteiger partial charge on any atom is 0.261 e. The average molecular weight is 366 g/mol. The lowest BCUT2D eigenvalue weighted by atomic mass is 10.0. The molecular weight excluding hydrogens is 344 g/mol. The van der Waals surface area contributed by atoms with Crippen molar-refractivity contribution in [2.45, 2.75) is 45.8 Å². The zero-order valence-electron chi connectivity index (χ0n) is 15.2. The number of ether oxygens (including phenoxy) is 1. The van der Waals surface area contributed by atoms with Gasteiger partial charge in [0.2, 0.25) is 0 Å².